The Morgan fingerprint density at radius 1 is 1.33 bits per heavy atom. The number of halogens is 1. The van der Waals surface area contributed by atoms with Crippen LogP contribution in [0.4, 0.5) is 5.13 Å². The van der Waals surface area contributed by atoms with Crippen LogP contribution in [0.1, 0.15) is 58.4 Å². The summed E-state index contributed by atoms with van der Waals surface area (Å²) < 4.78 is 0. The third-order valence-electron chi connectivity index (χ3n) is 5.13. The van der Waals surface area contributed by atoms with Crippen LogP contribution in [-0.4, -0.2) is 63.7 Å². The number of nitrogens with zero attached hydrogens (tertiary/aromatic N) is 3. The Balaban J connectivity index is 1.72. The molecule has 0 radical (unpaired) electrons. The highest BCUT2D eigenvalue weighted by atomic mass is 35.5. The van der Waals surface area contributed by atoms with Crippen LogP contribution in [0, 0.1) is 6.92 Å². The van der Waals surface area contributed by atoms with Gasteiger partial charge < -0.3 is 25.6 Å². The number of carbonyl (C=O) groups is 2. The van der Waals surface area contributed by atoms with Crippen molar-refractivity contribution >= 4 is 39.9 Å². The van der Waals surface area contributed by atoms with Gasteiger partial charge in [-0.15, -0.1) is 0 Å². The standard InChI is InChI=1S/C19H27ClN6O3S/c1-4-7-21-13-9-26(19-22-10(3)14(30-19)18(28)29)8-6-12(13)24-17(27)16-23-11(5-2)15(20)25-16/h12-13,21H,4-9H2,1-3H3,(H,23,25)(H,24,27)(H,28,29). The first-order chi connectivity index (χ1) is 14.3. The third-order valence-corrected chi connectivity index (χ3v) is 6.65. The molecule has 0 aromatic carbocycles. The lowest BCUT2D eigenvalue weighted by molar-refractivity contribution is 0.0700. The normalized spacial score (nSPS) is 19.1. The number of aromatic amines is 1. The lowest BCUT2D eigenvalue weighted by Crippen LogP contribution is -2.59. The summed E-state index contributed by atoms with van der Waals surface area (Å²) in [6.07, 6.45) is 2.33. The van der Waals surface area contributed by atoms with Crippen molar-refractivity contribution in [3.8, 4) is 0 Å². The van der Waals surface area contributed by atoms with Crippen molar-refractivity contribution in [1.82, 2.24) is 25.6 Å². The molecule has 11 heteroatoms. The highest BCUT2D eigenvalue weighted by Crippen LogP contribution is 2.28. The van der Waals surface area contributed by atoms with Gasteiger partial charge in [0.15, 0.2) is 16.1 Å². The zero-order valence-electron chi connectivity index (χ0n) is 17.3. The van der Waals surface area contributed by atoms with Crippen molar-refractivity contribution in [3.05, 3.63) is 27.2 Å². The van der Waals surface area contributed by atoms with E-state index in [9.17, 15) is 14.7 Å². The molecule has 1 fully saturated rings. The van der Waals surface area contributed by atoms with Crippen LogP contribution in [0.25, 0.3) is 0 Å². The molecule has 2 atom stereocenters. The van der Waals surface area contributed by atoms with Gasteiger partial charge in [-0.25, -0.2) is 14.8 Å². The molecule has 1 aliphatic rings. The molecule has 0 aliphatic carbocycles. The molecule has 0 saturated carbocycles. The molecule has 3 rings (SSSR count). The van der Waals surface area contributed by atoms with Gasteiger partial charge in [-0.1, -0.05) is 36.8 Å². The molecule has 164 valence electrons. The van der Waals surface area contributed by atoms with E-state index < -0.39 is 5.97 Å². The van der Waals surface area contributed by atoms with E-state index in [1.165, 1.54) is 11.3 Å². The number of imidazole rings is 1. The SMILES string of the molecule is CCCNC1CN(c2nc(C)c(C(=O)O)s2)CCC1NC(=O)c1nc(Cl)c(CC)[nH]1. The molecule has 2 unspecified atom stereocenters. The van der Waals surface area contributed by atoms with Crippen molar-refractivity contribution in [2.45, 2.75) is 52.1 Å². The topological polar surface area (TPSA) is 123 Å². The Hall–Kier alpha value is -2.17. The maximum Gasteiger partial charge on any atom is 0.347 e. The second-order valence-corrected chi connectivity index (χ2v) is 8.64. The van der Waals surface area contributed by atoms with Crippen LogP contribution < -0.4 is 15.5 Å². The van der Waals surface area contributed by atoms with Gasteiger partial charge in [-0.3, -0.25) is 4.79 Å². The third kappa shape index (κ3) is 4.93. The highest BCUT2D eigenvalue weighted by molar-refractivity contribution is 7.17. The average molecular weight is 455 g/mol. The average Bonchev–Trinajstić information content (AvgIpc) is 3.29. The summed E-state index contributed by atoms with van der Waals surface area (Å²) in [5, 5.41) is 16.9. The number of hydrogen-bond acceptors (Lipinski definition) is 7. The van der Waals surface area contributed by atoms with Crippen LogP contribution in [0.3, 0.4) is 0 Å². The Kier molecular flexibility index (Phi) is 7.32. The zero-order valence-corrected chi connectivity index (χ0v) is 18.9. The van der Waals surface area contributed by atoms with Crippen LogP contribution in [0.5, 0.6) is 0 Å². The van der Waals surface area contributed by atoms with Crippen molar-refractivity contribution in [2.24, 2.45) is 0 Å². The number of aromatic nitrogens is 3. The number of nitrogens with one attached hydrogen (secondary N) is 3. The molecule has 2 aromatic rings. The molecule has 1 saturated heterocycles. The maximum absolute atomic E-state index is 12.7. The number of piperidine rings is 1. The number of hydrogen-bond donors (Lipinski definition) is 4. The Labute approximate surface area is 184 Å². The number of H-pyrrole nitrogens is 1. The predicted molar refractivity (Wildman–Crippen MR) is 117 cm³/mol. The van der Waals surface area contributed by atoms with E-state index in [1.807, 2.05) is 6.92 Å². The van der Waals surface area contributed by atoms with E-state index in [0.29, 0.717) is 41.9 Å². The summed E-state index contributed by atoms with van der Waals surface area (Å²) in [6.45, 7) is 7.84. The highest BCUT2D eigenvalue weighted by Gasteiger charge is 2.32. The fraction of sp³-hybridized carbons (Fsp3) is 0.579. The van der Waals surface area contributed by atoms with Crippen molar-refractivity contribution < 1.29 is 14.7 Å². The Morgan fingerprint density at radius 3 is 2.70 bits per heavy atom. The number of carbonyl (C=O) groups excluding carboxylic acids is 1. The van der Waals surface area contributed by atoms with Crippen molar-refractivity contribution in [3.63, 3.8) is 0 Å². The minimum atomic E-state index is -0.956. The lowest BCUT2D eigenvalue weighted by Gasteiger charge is -2.39. The van der Waals surface area contributed by atoms with Gasteiger partial charge in [0.2, 0.25) is 0 Å². The molecule has 2 aromatic heterocycles. The van der Waals surface area contributed by atoms with Crippen LogP contribution in [0.2, 0.25) is 5.15 Å². The van der Waals surface area contributed by atoms with Gasteiger partial charge in [0.05, 0.1) is 11.4 Å². The van der Waals surface area contributed by atoms with E-state index >= 15 is 0 Å². The number of rotatable bonds is 8. The van der Waals surface area contributed by atoms with E-state index in [1.54, 1.807) is 6.92 Å². The minimum Gasteiger partial charge on any atom is -0.477 e. The first kappa shape index (κ1) is 22.5. The van der Waals surface area contributed by atoms with Crippen LogP contribution in [0.15, 0.2) is 0 Å². The second-order valence-electron chi connectivity index (χ2n) is 7.30. The molecule has 4 N–H and O–H groups in total. The van der Waals surface area contributed by atoms with E-state index in [4.69, 9.17) is 11.6 Å². The van der Waals surface area contributed by atoms with Gasteiger partial charge in [0.25, 0.3) is 5.91 Å². The number of aromatic carboxylic acids is 1. The van der Waals surface area contributed by atoms with E-state index in [2.05, 4.69) is 37.4 Å². The molecule has 1 amide bonds. The smallest absolute Gasteiger partial charge is 0.347 e. The van der Waals surface area contributed by atoms with Gasteiger partial charge in [0, 0.05) is 25.2 Å². The summed E-state index contributed by atoms with van der Waals surface area (Å²) in [5.41, 5.74) is 1.27. The number of thiazole rings is 1. The van der Waals surface area contributed by atoms with E-state index in [0.717, 1.165) is 18.7 Å². The van der Waals surface area contributed by atoms with Gasteiger partial charge in [0.1, 0.15) is 4.88 Å². The fourth-order valence-corrected chi connectivity index (χ4v) is 4.72. The maximum atomic E-state index is 12.7. The van der Waals surface area contributed by atoms with Crippen molar-refractivity contribution in [2.75, 3.05) is 24.5 Å². The molecular weight excluding hydrogens is 428 g/mol. The summed E-state index contributed by atoms with van der Waals surface area (Å²) >= 11 is 7.25. The zero-order chi connectivity index (χ0) is 21.8. The summed E-state index contributed by atoms with van der Waals surface area (Å²) in [6, 6.07) is -0.0922. The van der Waals surface area contributed by atoms with Gasteiger partial charge in [-0.2, -0.15) is 0 Å². The van der Waals surface area contributed by atoms with Gasteiger partial charge in [-0.05, 0) is 32.7 Å². The Bertz CT molecular complexity index is 914. The van der Waals surface area contributed by atoms with Gasteiger partial charge >= 0.3 is 5.97 Å². The minimum absolute atomic E-state index is 0.00351. The second kappa shape index (κ2) is 9.76. The molecule has 0 bridgehead atoms. The lowest BCUT2D eigenvalue weighted by atomic mass is 9.99. The number of carboxylic acids is 1. The number of carboxylic acid groups (broad SMARTS) is 1. The molecular formula is C19H27ClN6O3S. The summed E-state index contributed by atoms with van der Waals surface area (Å²) in [7, 11) is 0. The first-order valence-corrected chi connectivity index (χ1v) is 11.3. The molecule has 3 heterocycles. The molecule has 30 heavy (non-hydrogen) atoms. The molecule has 9 nitrogen and oxygen atoms in total. The van der Waals surface area contributed by atoms with Crippen LogP contribution >= 0.6 is 22.9 Å². The molecule has 0 spiro atoms. The first-order valence-electron chi connectivity index (χ1n) is 10.1. The Morgan fingerprint density at radius 2 is 2.10 bits per heavy atom. The quantitative estimate of drug-likeness (QED) is 0.483. The molecule has 1 aliphatic heterocycles. The summed E-state index contributed by atoms with van der Waals surface area (Å²) in [5.74, 6) is -1.02. The predicted octanol–water partition coefficient (Wildman–Crippen LogP) is 2.47. The number of anilines is 1. The fourth-order valence-electron chi connectivity index (χ4n) is 3.52. The monoisotopic (exact) mass is 454 g/mol. The van der Waals surface area contributed by atoms with Crippen molar-refractivity contribution in [1.29, 1.82) is 0 Å². The van der Waals surface area contributed by atoms with E-state index in [-0.39, 0.29) is 28.7 Å². The summed E-state index contributed by atoms with van der Waals surface area (Å²) in [4.78, 5) is 38.0. The van der Waals surface area contributed by atoms with Crippen LogP contribution in [-0.2, 0) is 6.42 Å². The number of aryl methyl sites for hydroxylation is 2. The largest absolute Gasteiger partial charge is 0.477 e. The number of amides is 1.